The molecule has 0 saturated heterocycles. The third-order valence-electron chi connectivity index (χ3n) is 4.32. The minimum Gasteiger partial charge on any atom is -0.481 e. The van der Waals surface area contributed by atoms with Gasteiger partial charge in [-0.2, -0.15) is 13.2 Å². The van der Waals surface area contributed by atoms with Gasteiger partial charge in [-0.15, -0.1) is 0 Å². The second-order valence-corrected chi connectivity index (χ2v) is 6.95. The Morgan fingerprint density at radius 1 is 1.28 bits per heavy atom. The highest BCUT2D eigenvalue weighted by molar-refractivity contribution is 5.97. The molecular formula is C20H25F3N4O5. The highest BCUT2D eigenvalue weighted by Crippen LogP contribution is 2.28. The molecule has 2 rings (SSSR count). The third-order valence-corrected chi connectivity index (χ3v) is 4.32. The van der Waals surface area contributed by atoms with Crippen molar-refractivity contribution >= 4 is 35.6 Å². The summed E-state index contributed by atoms with van der Waals surface area (Å²) in [6.07, 6.45) is 2.17. The predicted octanol–water partition coefficient (Wildman–Crippen LogP) is 2.57. The number of guanidine groups is 1. The van der Waals surface area contributed by atoms with Crippen LogP contribution in [0.15, 0.2) is 24.3 Å². The first-order chi connectivity index (χ1) is 14.9. The number of halogens is 3. The van der Waals surface area contributed by atoms with Crippen LogP contribution in [0.1, 0.15) is 36.8 Å². The van der Waals surface area contributed by atoms with Gasteiger partial charge in [0.05, 0.1) is 12.3 Å². The van der Waals surface area contributed by atoms with Gasteiger partial charge in [0.15, 0.2) is 5.96 Å². The van der Waals surface area contributed by atoms with Crippen molar-refractivity contribution < 1.29 is 37.8 Å². The Kier molecular flexibility index (Phi) is 10.2. The Labute approximate surface area is 182 Å². The average molecular weight is 458 g/mol. The van der Waals surface area contributed by atoms with Gasteiger partial charge >= 0.3 is 18.1 Å². The van der Waals surface area contributed by atoms with Crippen LogP contribution in [-0.4, -0.2) is 46.7 Å². The quantitative estimate of drug-likeness (QED) is 0.198. The zero-order valence-corrected chi connectivity index (χ0v) is 17.0. The summed E-state index contributed by atoms with van der Waals surface area (Å²) in [7, 11) is 0. The van der Waals surface area contributed by atoms with E-state index >= 15 is 0 Å². The molecule has 1 aromatic rings. The number of alkyl halides is 3. The molecule has 32 heavy (non-hydrogen) atoms. The van der Waals surface area contributed by atoms with Crippen molar-refractivity contribution in [2.75, 3.05) is 11.9 Å². The number of carbonyl (C=O) groups excluding carboxylic acids is 1. The molecule has 0 aromatic heterocycles. The van der Waals surface area contributed by atoms with E-state index in [0.717, 1.165) is 36.1 Å². The number of unbranched alkanes of at least 4 members (excludes halogenated alkanes) is 2. The maximum Gasteiger partial charge on any atom is 0.490 e. The van der Waals surface area contributed by atoms with E-state index < -0.39 is 24.0 Å². The normalized spacial score (nSPS) is 15.2. The van der Waals surface area contributed by atoms with Gasteiger partial charge in [0.1, 0.15) is 0 Å². The molecule has 1 aliphatic heterocycles. The van der Waals surface area contributed by atoms with Crippen molar-refractivity contribution in [2.24, 2.45) is 11.7 Å². The van der Waals surface area contributed by atoms with Crippen molar-refractivity contribution in [3.63, 3.8) is 0 Å². The van der Waals surface area contributed by atoms with Crippen molar-refractivity contribution in [1.82, 2.24) is 5.32 Å². The molecule has 0 bridgehead atoms. The molecule has 1 heterocycles. The number of rotatable bonds is 8. The molecule has 0 fully saturated rings. The Morgan fingerprint density at radius 2 is 1.94 bits per heavy atom. The predicted molar refractivity (Wildman–Crippen MR) is 111 cm³/mol. The summed E-state index contributed by atoms with van der Waals surface area (Å²) in [5, 5.41) is 28.6. The first-order valence-electron chi connectivity index (χ1n) is 9.60. The van der Waals surface area contributed by atoms with E-state index in [0.29, 0.717) is 13.0 Å². The van der Waals surface area contributed by atoms with Crippen LogP contribution in [-0.2, 0) is 20.8 Å². The molecular weight excluding hydrogens is 433 g/mol. The summed E-state index contributed by atoms with van der Waals surface area (Å²) in [5.74, 6) is -4.45. The minimum absolute atomic E-state index is 0.00255. The maximum absolute atomic E-state index is 12.0. The monoisotopic (exact) mass is 458 g/mol. The number of anilines is 1. The zero-order chi connectivity index (χ0) is 24.3. The highest BCUT2D eigenvalue weighted by atomic mass is 19.4. The second-order valence-electron chi connectivity index (χ2n) is 6.95. The van der Waals surface area contributed by atoms with Gasteiger partial charge in [-0.05, 0) is 42.9 Å². The molecule has 1 aliphatic rings. The summed E-state index contributed by atoms with van der Waals surface area (Å²) >= 11 is 0. The van der Waals surface area contributed by atoms with Gasteiger partial charge in [-0.25, -0.2) is 4.79 Å². The number of allylic oxidation sites excluding steroid dienone is 1. The van der Waals surface area contributed by atoms with E-state index in [1.807, 2.05) is 24.3 Å². The Hall–Kier alpha value is -3.57. The lowest BCUT2D eigenvalue weighted by molar-refractivity contribution is -0.192. The van der Waals surface area contributed by atoms with Crippen LogP contribution in [0, 0.1) is 11.3 Å². The lowest BCUT2D eigenvalue weighted by atomic mass is 9.90. The van der Waals surface area contributed by atoms with Gasteiger partial charge in [-0.3, -0.25) is 15.0 Å². The van der Waals surface area contributed by atoms with E-state index in [-0.39, 0.29) is 18.3 Å². The van der Waals surface area contributed by atoms with Gasteiger partial charge in [0.25, 0.3) is 0 Å². The van der Waals surface area contributed by atoms with Crippen LogP contribution in [0.3, 0.4) is 0 Å². The van der Waals surface area contributed by atoms with Gasteiger partial charge in [0, 0.05) is 12.2 Å². The molecule has 1 aromatic carbocycles. The summed E-state index contributed by atoms with van der Waals surface area (Å²) in [6, 6.07) is 5.83. The van der Waals surface area contributed by atoms with Crippen LogP contribution in [0.2, 0.25) is 0 Å². The second kappa shape index (κ2) is 12.3. The molecule has 0 spiro atoms. The number of nitrogens with two attached hydrogens (primary N) is 1. The van der Waals surface area contributed by atoms with Gasteiger partial charge in [0.2, 0.25) is 5.91 Å². The number of amides is 1. The first-order valence-corrected chi connectivity index (χ1v) is 9.60. The third kappa shape index (κ3) is 9.96. The molecule has 9 nitrogen and oxygen atoms in total. The number of carboxylic acids is 2. The lowest BCUT2D eigenvalue weighted by Gasteiger charge is -2.23. The summed E-state index contributed by atoms with van der Waals surface area (Å²) in [5.41, 5.74) is 7.94. The van der Waals surface area contributed by atoms with Crippen molar-refractivity contribution in [3.8, 4) is 0 Å². The smallest absolute Gasteiger partial charge is 0.481 e. The topological polar surface area (TPSA) is 166 Å². The van der Waals surface area contributed by atoms with Crippen LogP contribution in [0.5, 0.6) is 0 Å². The molecule has 0 saturated carbocycles. The minimum atomic E-state index is -5.08. The maximum atomic E-state index is 12.0. The van der Waals surface area contributed by atoms with E-state index in [2.05, 4.69) is 16.7 Å². The Bertz CT molecular complexity index is 871. The van der Waals surface area contributed by atoms with E-state index in [4.69, 9.17) is 26.2 Å². The zero-order valence-electron chi connectivity index (χ0n) is 17.0. The number of aliphatic carboxylic acids is 2. The number of hydrogen-bond donors (Lipinski definition) is 6. The van der Waals surface area contributed by atoms with Crippen LogP contribution in [0.4, 0.5) is 18.9 Å². The molecule has 176 valence electrons. The molecule has 1 amide bonds. The van der Waals surface area contributed by atoms with Gasteiger partial charge < -0.3 is 26.6 Å². The van der Waals surface area contributed by atoms with Crippen LogP contribution >= 0.6 is 0 Å². The fourth-order valence-electron chi connectivity index (χ4n) is 2.79. The lowest BCUT2D eigenvalue weighted by Crippen LogP contribution is -2.31. The fraction of sp³-hybridized carbons (Fsp3) is 0.400. The number of carbonyl (C=O) groups is 3. The number of hydrogen-bond acceptors (Lipinski definition) is 4. The summed E-state index contributed by atoms with van der Waals surface area (Å²) < 4.78 is 31.7. The Morgan fingerprint density at radius 3 is 2.50 bits per heavy atom. The average Bonchev–Trinajstić information content (AvgIpc) is 2.67. The molecule has 1 atom stereocenters. The number of nitrogens with one attached hydrogen (secondary N) is 3. The standard InChI is InChI=1S/C18H24N4O3.C2HF3O2/c19-18(20)21-8-4-2-1-3-5-12-6-7-13-10-14(11-16(23)24)17(25)22-15(13)9-12;3-2(4,5)1(6)7/h3,5-7,9,14H,1-2,4,8,10-11H2,(H,22,25)(H,23,24)(H4,19,20,21);(H,6,7). The molecule has 1 unspecified atom stereocenters. The first kappa shape index (κ1) is 26.5. The van der Waals surface area contributed by atoms with Crippen molar-refractivity contribution in [1.29, 1.82) is 5.41 Å². The summed E-state index contributed by atoms with van der Waals surface area (Å²) in [6.45, 7) is 0.700. The fourth-order valence-corrected chi connectivity index (χ4v) is 2.79. The molecule has 12 heteroatoms. The number of carboxylic acid groups (broad SMARTS) is 2. The SMILES string of the molecule is N=C(N)NCCCCC=Cc1ccc2c(c1)NC(=O)C(CC(=O)O)C2.O=C(O)C(F)(F)F. The van der Waals surface area contributed by atoms with Crippen molar-refractivity contribution in [3.05, 3.63) is 35.4 Å². The number of benzene rings is 1. The van der Waals surface area contributed by atoms with E-state index in [1.165, 1.54) is 0 Å². The van der Waals surface area contributed by atoms with E-state index in [1.54, 1.807) is 0 Å². The van der Waals surface area contributed by atoms with E-state index in [9.17, 15) is 22.8 Å². The molecule has 0 radical (unpaired) electrons. The largest absolute Gasteiger partial charge is 0.490 e. The molecule has 0 aliphatic carbocycles. The van der Waals surface area contributed by atoms with Crippen LogP contribution in [0.25, 0.3) is 6.08 Å². The molecule has 7 N–H and O–H groups in total. The van der Waals surface area contributed by atoms with Crippen molar-refractivity contribution in [2.45, 2.75) is 38.3 Å². The summed E-state index contributed by atoms with van der Waals surface area (Å²) in [4.78, 5) is 31.7. The Balaban J connectivity index is 0.000000633. The highest BCUT2D eigenvalue weighted by Gasteiger charge is 2.38. The number of fused-ring (bicyclic) bond motifs is 1. The van der Waals surface area contributed by atoms with Gasteiger partial charge in [-0.1, -0.05) is 24.3 Å². The van der Waals surface area contributed by atoms with Crippen LogP contribution < -0.4 is 16.4 Å².